The Balaban J connectivity index is 2.53. The second-order valence-corrected chi connectivity index (χ2v) is 22.0. The van der Waals surface area contributed by atoms with Crippen LogP contribution in [0.3, 0.4) is 0 Å². The lowest BCUT2D eigenvalue weighted by Gasteiger charge is -2.45. The van der Waals surface area contributed by atoms with Gasteiger partial charge in [-0.3, -0.25) is 14.3 Å². The molecule has 0 radical (unpaired) electrons. The van der Waals surface area contributed by atoms with Crippen LogP contribution in [0.4, 0.5) is 0 Å². The van der Waals surface area contributed by atoms with Gasteiger partial charge in [-0.15, -0.1) is 0 Å². The molecule has 188 valence electrons. The van der Waals surface area contributed by atoms with Gasteiger partial charge >= 0.3 is 5.69 Å². The van der Waals surface area contributed by atoms with Crippen LogP contribution in [-0.4, -0.2) is 44.5 Å². The van der Waals surface area contributed by atoms with Crippen molar-refractivity contribution in [2.75, 3.05) is 6.61 Å². The van der Waals surface area contributed by atoms with Crippen LogP contribution in [0.2, 0.25) is 36.3 Å². The van der Waals surface area contributed by atoms with Crippen molar-refractivity contribution >= 4 is 16.6 Å². The zero-order valence-electron chi connectivity index (χ0n) is 22.4. The summed E-state index contributed by atoms with van der Waals surface area (Å²) >= 11 is 0. The molecule has 1 fully saturated rings. The number of ether oxygens (including phenoxy) is 1. The van der Waals surface area contributed by atoms with E-state index in [0.717, 1.165) is 5.57 Å². The van der Waals surface area contributed by atoms with Crippen LogP contribution in [0.15, 0.2) is 34.0 Å². The van der Waals surface area contributed by atoms with Crippen molar-refractivity contribution in [3.8, 4) is 0 Å². The van der Waals surface area contributed by atoms with Crippen LogP contribution in [0.1, 0.15) is 61.1 Å². The van der Waals surface area contributed by atoms with Gasteiger partial charge in [-0.05, 0) is 48.8 Å². The highest BCUT2D eigenvalue weighted by Gasteiger charge is 2.55. The normalized spacial score (nSPS) is 24.8. The summed E-state index contributed by atoms with van der Waals surface area (Å²) in [6, 6.07) is 1.33. The topological polar surface area (TPSA) is 82.5 Å². The molecule has 0 aromatic carbocycles. The molecule has 0 saturated carbocycles. The van der Waals surface area contributed by atoms with E-state index in [1.807, 2.05) is 6.92 Å². The minimum atomic E-state index is -2.18. The van der Waals surface area contributed by atoms with Gasteiger partial charge in [-0.25, -0.2) is 4.79 Å². The fourth-order valence-corrected chi connectivity index (χ4v) is 5.73. The van der Waals surface area contributed by atoms with Gasteiger partial charge in [0, 0.05) is 18.7 Å². The van der Waals surface area contributed by atoms with Crippen LogP contribution in [-0.2, 0) is 13.6 Å². The first-order valence-corrected chi connectivity index (χ1v) is 17.5. The average molecular weight is 497 g/mol. The number of nitrogens with one attached hydrogen (secondary N) is 1. The highest BCUT2D eigenvalue weighted by atomic mass is 28.4. The van der Waals surface area contributed by atoms with Gasteiger partial charge in [0.05, 0.1) is 12.7 Å². The summed E-state index contributed by atoms with van der Waals surface area (Å²) in [6.45, 7) is 28.6. The standard InChI is InChI=1S/C24H44N2O5Si2/c1-17(2)24(16-29-32(9,10)22(3,4)5)18(31-33(11,12)23(6,7)8)15-20(30-24)26-14-13-19(27)25-21(26)28/h13-14,18,20H,1,15-16H2,2-12H3,(H,25,27,28)/t18-,20+,24-/m0/s1. The fourth-order valence-electron chi connectivity index (χ4n) is 3.37. The molecule has 0 unspecified atom stereocenters. The van der Waals surface area contributed by atoms with Crippen molar-refractivity contribution in [3.05, 3.63) is 45.3 Å². The molecule has 1 aliphatic heterocycles. The Bertz CT molecular complexity index is 984. The van der Waals surface area contributed by atoms with Gasteiger partial charge in [-0.1, -0.05) is 48.1 Å². The fraction of sp³-hybridized carbons (Fsp3) is 0.750. The van der Waals surface area contributed by atoms with E-state index in [0.29, 0.717) is 13.0 Å². The monoisotopic (exact) mass is 496 g/mol. The second-order valence-electron chi connectivity index (χ2n) is 12.4. The predicted octanol–water partition coefficient (Wildman–Crippen LogP) is 5.18. The number of nitrogens with zero attached hydrogens (tertiary/aromatic N) is 1. The summed E-state index contributed by atoms with van der Waals surface area (Å²) < 4.78 is 21.6. The summed E-state index contributed by atoms with van der Waals surface area (Å²) in [7, 11) is -4.27. The Labute approximate surface area is 200 Å². The summed E-state index contributed by atoms with van der Waals surface area (Å²) in [5.41, 5.74) is -1.02. The predicted molar refractivity (Wildman–Crippen MR) is 139 cm³/mol. The lowest BCUT2D eigenvalue weighted by molar-refractivity contribution is -0.0990. The van der Waals surface area contributed by atoms with E-state index in [4.69, 9.17) is 13.6 Å². The molecule has 0 bridgehead atoms. The zero-order valence-corrected chi connectivity index (χ0v) is 24.4. The summed E-state index contributed by atoms with van der Waals surface area (Å²) in [4.78, 5) is 26.5. The molecule has 33 heavy (non-hydrogen) atoms. The van der Waals surface area contributed by atoms with Crippen molar-refractivity contribution in [1.82, 2.24) is 9.55 Å². The molecule has 1 aliphatic rings. The Morgan fingerprint density at radius 2 is 1.70 bits per heavy atom. The Morgan fingerprint density at radius 3 is 2.15 bits per heavy atom. The average Bonchev–Trinajstić information content (AvgIpc) is 2.97. The Kier molecular flexibility index (Phi) is 7.69. The van der Waals surface area contributed by atoms with E-state index < -0.39 is 39.7 Å². The summed E-state index contributed by atoms with van der Waals surface area (Å²) in [5.74, 6) is 0. The van der Waals surface area contributed by atoms with E-state index in [-0.39, 0.29) is 16.2 Å². The summed E-state index contributed by atoms with van der Waals surface area (Å²) in [5, 5.41) is 0.0356. The van der Waals surface area contributed by atoms with Gasteiger partial charge in [0.25, 0.3) is 5.56 Å². The minimum Gasteiger partial charge on any atom is -0.413 e. The van der Waals surface area contributed by atoms with Crippen molar-refractivity contribution in [2.45, 2.75) is 109 Å². The Morgan fingerprint density at radius 1 is 1.15 bits per heavy atom. The molecule has 9 heteroatoms. The van der Waals surface area contributed by atoms with Crippen molar-refractivity contribution in [3.63, 3.8) is 0 Å². The van der Waals surface area contributed by atoms with Crippen molar-refractivity contribution < 1.29 is 13.6 Å². The van der Waals surface area contributed by atoms with Crippen LogP contribution < -0.4 is 11.2 Å². The smallest absolute Gasteiger partial charge is 0.330 e. The maximum atomic E-state index is 12.6. The van der Waals surface area contributed by atoms with E-state index >= 15 is 0 Å². The molecule has 2 heterocycles. The molecule has 0 aliphatic carbocycles. The third kappa shape index (κ3) is 5.70. The molecule has 7 nitrogen and oxygen atoms in total. The molecule has 2 rings (SSSR count). The van der Waals surface area contributed by atoms with Gasteiger partial charge < -0.3 is 13.6 Å². The number of aromatic amines is 1. The molecule has 0 spiro atoms. The molecule has 1 saturated heterocycles. The lowest BCUT2D eigenvalue weighted by atomic mass is 9.91. The van der Waals surface area contributed by atoms with Crippen LogP contribution in [0.25, 0.3) is 0 Å². The van der Waals surface area contributed by atoms with E-state index in [1.54, 1.807) is 0 Å². The molecule has 0 amide bonds. The molecule has 3 atom stereocenters. The largest absolute Gasteiger partial charge is 0.413 e. The number of hydrogen-bond donors (Lipinski definition) is 1. The van der Waals surface area contributed by atoms with E-state index in [1.165, 1.54) is 16.8 Å². The molecule has 1 aromatic heterocycles. The number of hydrogen-bond acceptors (Lipinski definition) is 5. The van der Waals surface area contributed by atoms with Crippen molar-refractivity contribution in [2.24, 2.45) is 0 Å². The number of H-pyrrole nitrogens is 1. The number of rotatable bonds is 7. The first-order chi connectivity index (χ1) is 14.7. The molecular weight excluding hydrogens is 452 g/mol. The zero-order chi connectivity index (χ0) is 25.6. The van der Waals surface area contributed by atoms with Crippen LogP contribution in [0.5, 0.6) is 0 Å². The van der Waals surface area contributed by atoms with Gasteiger partial charge in [0.2, 0.25) is 0 Å². The maximum absolute atomic E-state index is 12.6. The van der Waals surface area contributed by atoms with Crippen molar-refractivity contribution in [1.29, 1.82) is 0 Å². The quantitative estimate of drug-likeness (QED) is 0.415. The van der Waals surface area contributed by atoms with E-state index in [9.17, 15) is 9.59 Å². The maximum Gasteiger partial charge on any atom is 0.330 e. The highest BCUT2D eigenvalue weighted by molar-refractivity contribution is 6.74. The van der Waals surface area contributed by atoms with Gasteiger partial charge in [-0.2, -0.15) is 0 Å². The molecule has 1 aromatic rings. The third-order valence-corrected chi connectivity index (χ3v) is 16.8. The molecule has 1 N–H and O–H groups in total. The summed E-state index contributed by atoms with van der Waals surface area (Å²) in [6.07, 6.45) is 1.03. The Hall–Kier alpha value is -1.27. The van der Waals surface area contributed by atoms with Crippen LogP contribution >= 0.6 is 0 Å². The lowest BCUT2D eigenvalue weighted by Crippen LogP contribution is -2.55. The molecular formula is C24H44N2O5Si2. The van der Waals surface area contributed by atoms with Crippen LogP contribution in [0, 0.1) is 0 Å². The van der Waals surface area contributed by atoms with Gasteiger partial charge in [0.15, 0.2) is 16.6 Å². The third-order valence-electron chi connectivity index (χ3n) is 7.86. The first kappa shape index (κ1) is 28.0. The van der Waals surface area contributed by atoms with Gasteiger partial charge in [0.1, 0.15) is 11.8 Å². The second kappa shape index (κ2) is 9.07. The number of aromatic nitrogens is 2. The minimum absolute atomic E-state index is 0.00100. The van der Waals surface area contributed by atoms with E-state index in [2.05, 4.69) is 79.3 Å². The first-order valence-electron chi connectivity index (χ1n) is 11.7. The SMILES string of the molecule is C=C(C)[C@]1(CO[Si](C)(C)C(C)(C)C)O[C@@H](n2ccc(=O)[nH]c2=O)C[C@@H]1O[Si](C)(C)C(C)(C)C. The highest BCUT2D eigenvalue weighted by Crippen LogP contribution is 2.48.